The van der Waals surface area contributed by atoms with Gasteiger partial charge in [0.15, 0.2) is 11.5 Å². The van der Waals surface area contributed by atoms with E-state index in [2.05, 4.69) is 5.10 Å². The van der Waals surface area contributed by atoms with Crippen molar-refractivity contribution in [2.45, 2.75) is 18.9 Å². The summed E-state index contributed by atoms with van der Waals surface area (Å²) in [6.45, 7) is 0. The lowest BCUT2D eigenvalue weighted by Crippen LogP contribution is -2.23. The SMILES string of the molecule is COc1c(OC2CCCSC2)cccc1-c1cnn(C)c1N. The minimum Gasteiger partial charge on any atom is -0.492 e. The van der Waals surface area contributed by atoms with E-state index >= 15 is 0 Å². The fourth-order valence-electron chi connectivity index (χ4n) is 2.67. The highest BCUT2D eigenvalue weighted by Gasteiger charge is 2.20. The third-order valence-corrected chi connectivity index (χ3v) is 5.05. The number of aryl methyl sites for hydroxylation is 1. The predicted molar refractivity (Wildman–Crippen MR) is 90.6 cm³/mol. The smallest absolute Gasteiger partial charge is 0.168 e. The van der Waals surface area contributed by atoms with Crippen LogP contribution in [0, 0.1) is 0 Å². The van der Waals surface area contributed by atoms with Gasteiger partial charge >= 0.3 is 0 Å². The van der Waals surface area contributed by atoms with Crippen LogP contribution in [0.5, 0.6) is 11.5 Å². The van der Waals surface area contributed by atoms with Gasteiger partial charge in [0, 0.05) is 23.9 Å². The monoisotopic (exact) mass is 319 g/mol. The van der Waals surface area contributed by atoms with E-state index in [0.717, 1.165) is 34.8 Å². The summed E-state index contributed by atoms with van der Waals surface area (Å²) in [5, 5.41) is 4.21. The zero-order valence-electron chi connectivity index (χ0n) is 12.9. The molecule has 1 fully saturated rings. The zero-order chi connectivity index (χ0) is 15.5. The molecule has 5 nitrogen and oxygen atoms in total. The van der Waals surface area contributed by atoms with Crippen molar-refractivity contribution in [3.63, 3.8) is 0 Å². The normalized spacial score (nSPS) is 18.2. The van der Waals surface area contributed by atoms with Crippen LogP contribution in [0.25, 0.3) is 11.1 Å². The summed E-state index contributed by atoms with van der Waals surface area (Å²) in [6.07, 6.45) is 4.30. The molecule has 0 saturated carbocycles. The molecule has 0 aliphatic carbocycles. The molecule has 1 aliphatic rings. The Morgan fingerprint density at radius 3 is 2.86 bits per heavy atom. The molecule has 0 spiro atoms. The molecule has 118 valence electrons. The van der Waals surface area contributed by atoms with Crippen LogP contribution in [0.3, 0.4) is 0 Å². The first-order valence-corrected chi connectivity index (χ1v) is 8.55. The summed E-state index contributed by atoms with van der Waals surface area (Å²) < 4.78 is 13.4. The topological polar surface area (TPSA) is 62.3 Å². The summed E-state index contributed by atoms with van der Waals surface area (Å²) >= 11 is 1.94. The van der Waals surface area contributed by atoms with Crippen LogP contribution in [-0.4, -0.2) is 34.5 Å². The molecule has 3 rings (SSSR count). The molecule has 1 atom stereocenters. The lowest BCUT2D eigenvalue weighted by atomic mass is 10.1. The van der Waals surface area contributed by atoms with Gasteiger partial charge in [0.2, 0.25) is 0 Å². The van der Waals surface area contributed by atoms with Crippen LogP contribution < -0.4 is 15.2 Å². The van der Waals surface area contributed by atoms with Crippen LogP contribution in [0.4, 0.5) is 5.82 Å². The molecular formula is C16H21N3O2S. The molecule has 0 bridgehead atoms. The van der Waals surface area contributed by atoms with Gasteiger partial charge in [0.1, 0.15) is 11.9 Å². The van der Waals surface area contributed by atoms with Crippen molar-refractivity contribution >= 4 is 17.6 Å². The average Bonchev–Trinajstić information content (AvgIpc) is 2.88. The van der Waals surface area contributed by atoms with E-state index in [1.54, 1.807) is 18.0 Å². The van der Waals surface area contributed by atoms with E-state index in [1.165, 1.54) is 12.2 Å². The zero-order valence-corrected chi connectivity index (χ0v) is 13.7. The Labute approximate surface area is 134 Å². The van der Waals surface area contributed by atoms with Crippen molar-refractivity contribution < 1.29 is 9.47 Å². The third kappa shape index (κ3) is 2.88. The molecule has 1 aromatic carbocycles. The Morgan fingerprint density at radius 2 is 2.23 bits per heavy atom. The second-order valence-electron chi connectivity index (χ2n) is 5.36. The number of hydrogen-bond donors (Lipinski definition) is 1. The van der Waals surface area contributed by atoms with Crippen molar-refractivity contribution in [2.75, 3.05) is 24.3 Å². The Hall–Kier alpha value is -1.82. The van der Waals surface area contributed by atoms with Gasteiger partial charge in [-0.1, -0.05) is 12.1 Å². The molecule has 1 unspecified atom stereocenters. The van der Waals surface area contributed by atoms with E-state index in [4.69, 9.17) is 15.2 Å². The van der Waals surface area contributed by atoms with Crippen molar-refractivity contribution in [1.82, 2.24) is 9.78 Å². The Bertz CT molecular complexity index is 651. The maximum atomic E-state index is 6.17. The van der Waals surface area contributed by atoms with Crippen molar-refractivity contribution in [2.24, 2.45) is 7.05 Å². The van der Waals surface area contributed by atoms with E-state index in [-0.39, 0.29) is 6.10 Å². The molecular weight excluding hydrogens is 298 g/mol. The highest BCUT2D eigenvalue weighted by molar-refractivity contribution is 7.99. The van der Waals surface area contributed by atoms with Crippen LogP contribution in [0.2, 0.25) is 0 Å². The quantitative estimate of drug-likeness (QED) is 0.939. The second kappa shape index (κ2) is 6.52. The standard InChI is InChI=1S/C16H21N3O2S/c1-19-16(17)13(9-18-19)12-6-3-7-14(15(12)20-2)21-11-5-4-8-22-10-11/h3,6-7,9,11H,4-5,8,10,17H2,1-2H3. The van der Waals surface area contributed by atoms with Gasteiger partial charge in [0.25, 0.3) is 0 Å². The number of aromatic nitrogens is 2. The summed E-state index contributed by atoms with van der Waals surface area (Å²) in [4.78, 5) is 0. The number of nitrogens with two attached hydrogens (primary N) is 1. The molecule has 1 aliphatic heterocycles. The van der Waals surface area contributed by atoms with Crippen molar-refractivity contribution in [1.29, 1.82) is 0 Å². The molecule has 0 amide bonds. The van der Waals surface area contributed by atoms with E-state index in [1.807, 2.05) is 37.0 Å². The number of anilines is 1. The molecule has 2 aromatic rings. The Balaban J connectivity index is 1.94. The van der Waals surface area contributed by atoms with Gasteiger partial charge in [-0.3, -0.25) is 4.68 Å². The first-order chi connectivity index (χ1) is 10.7. The number of nitrogens with zero attached hydrogens (tertiary/aromatic N) is 2. The first kappa shape index (κ1) is 15.1. The number of thioether (sulfide) groups is 1. The molecule has 2 heterocycles. The van der Waals surface area contributed by atoms with E-state index in [0.29, 0.717) is 5.82 Å². The van der Waals surface area contributed by atoms with Crippen LogP contribution in [-0.2, 0) is 7.05 Å². The molecule has 0 radical (unpaired) electrons. The molecule has 2 N–H and O–H groups in total. The van der Waals surface area contributed by atoms with Gasteiger partial charge in [0.05, 0.1) is 13.3 Å². The van der Waals surface area contributed by atoms with Crippen molar-refractivity contribution in [3.8, 4) is 22.6 Å². The van der Waals surface area contributed by atoms with Gasteiger partial charge in [-0.25, -0.2) is 0 Å². The number of para-hydroxylation sites is 1. The number of rotatable bonds is 4. The van der Waals surface area contributed by atoms with E-state index < -0.39 is 0 Å². The second-order valence-corrected chi connectivity index (χ2v) is 6.51. The number of nitrogen functional groups attached to an aromatic ring is 1. The average molecular weight is 319 g/mol. The molecule has 1 saturated heterocycles. The van der Waals surface area contributed by atoms with Gasteiger partial charge in [-0.05, 0) is 24.7 Å². The molecule has 1 aromatic heterocycles. The summed E-state index contributed by atoms with van der Waals surface area (Å²) in [5.74, 6) is 4.36. The molecule has 22 heavy (non-hydrogen) atoms. The highest BCUT2D eigenvalue weighted by Crippen LogP contribution is 2.40. The number of benzene rings is 1. The third-order valence-electron chi connectivity index (χ3n) is 3.87. The minimum atomic E-state index is 0.245. The van der Waals surface area contributed by atoms with Gasteiger partial charge < -0.3 is 15.2 Å². The van der Waals surface area contributed by atoms with E-state index in [9.17, 15) is 0 Å². The largest absolute Gasteiger partial charge is 0.492 e. The number of ether oxygens (including phenoxy) is 2. The van der Waals surface area contributed by atoms with Crippen molar-refractivity contribution in [3.05, 3.63) is 24.4 Å². The maximum Gasteiger partial charge on any atom is 0.168 e. The fraction of sp³-hybridized carbons (Fsp3) is 0.438. The maximum absolute atomic E-state index is 6.17. The predicted octanol–water partition coefficient (Wildman–Crippen LogP) is 2.95. The number of hydrogen-bond acceptors (Lipinski definition) is 5. The van der Waals surface area contributed by atoms with Crippen LogP contribution in [0.1, 0.15) is 12.8 Å². The first-order valence-electron chi connectivity index (χ1n) is 7.40. The molecule has 6 heteroatoms. The highest BCUT2D eigenvalue weighted by atomic mass is 32.2. The summed E-state index contributed by atoms with van der Waals surface area (Å²) in [7, 11) is 3.48. The van der Waals surface area contributed by atoms with Gasteiger partial charge in [-0.15, -0.1) is 0 Å². The minimum absolute atomic E-state index is 0.245. The number of methoxy groups -OCH3 is 1. The van der Waals surface area contributed by atoms with Gasteiger partial charge in [-0.2, -0.15) is 16.9 Å². The summed E-state index contributed by atoms with van der Waals surface area (Å²) in [5.41, 5.74) is 7.87. The lowest BCUT2D eigenvalue weighted by molar-refractivity contribution is 0.202. The lowest BCUT2D eigenvalue weighted by Gasteiger charge is -2.24. The fourth-order valence-corrected chi connectivity index (χ4v) is 3.70. The van der Waals surface area contributed by atoms with Crippen LogP contribution >= 0.6 is 11.8 Å². The van der Waals surface area contributed by atoms with Crippen LogP contribution in [0.15, 0.2) is 24.4 Å². The summed E-state index contributed by atoms with van der Waals surface area (Å²) in [6, 6.07) is 5.90. The Kier molecular flexibility index (Phi) is 4.47. The Morgan fingerprint density at radius 1 is 1.36 bits per heavy atom.